The summed E-state index contributed by atoms with van der Waals surface area (Å²) in [6.45, 7) is 16.0. The van der Waals surface area contributed by atoms with E-state index in [1.807, 2.05) is 0 Å². The largest absolute Gasteiger partial charge is 0.472 e. The predicted molar refractivity (Wildman–Crippen MR) is 165 cm³/mol. The Labute approximate surface area is 283 Å². The first-order valence-corrected chi connectivity index (χ1v) is 16.2. The summed E-state index contributed by atoms with van der Waals surface area (Å²) in [6, 6.07) is 1.51. The van der Waals surface area contributed by atoms with Crippen LogP contribution >= 0.6 is 0 Å². The van der Waals surface area contributed by atoms with Crippen molar-refractivity contribution in [3.63, 3.8) is 0 Å². The number of carbonyl (C=O) groups excluding carboxylic acids is 6. The molecule has 1 aromatic heterocycles. The highest BCUT2D eigenvalue weighted by Crippen LogP contribution is 2.71. The highest BCUT2D eigenvalue weighted by atomic mass is 16.6. The SMILES string of the molecule is C=C1[C@H]2C(=O)[C@]3(C)[C@H](CC(=O)OC)C(C)(C)[C@@H](OC(C)=O)[C@@H](OC(=O)C(C)C)[C@@H]3O[C@@]13[C@H](OC(C)=O)C(=O)O[C@@H](c1ccoc1)[C@]3(C)[C@H]2O. The smallest absolute Gasteiger partial charge is 0.351 e. The standard InChI is InChI=1S/C35H44O14/c1-15(2)30(41)47-23-27(45-17(4)36)32(6,7)20(13-21(38)43-10)33(8)24(39)22-16(3)35(49-28(23)33)29(46-18(5)37)31(42)48-26(19-11-12-44-14-19)34(35,9)25(22)40/h11-12,14-15,20,22-23,25-29,40H,3,13H2,1-2,4-10H3/t20-,22+,23-,25+,26+,27+,28+,29-,33+,34+,35-/m1/s1. The second-order valence-electron chi connectivity index (χ2n) is 14.8. The molecule has 268 valence electrons. The molecule has 2 saturated heterocycles. The molecule has 4 fully saturated rings. The Morgan fingerprint density at radius 3 is 2.18 bits per heavy atom. The van der Waals surface area contributed by atoms with Crippen LogP contribution in [-0.4, -0.2) is 84.0 Å². The minimum absolute atomic E-state index is 0.0767. The summed E-state index contributed by atoms with van der Waals surface area (Å²) in [5.41, 5.74) is -6.82. The van der Waals surface area contributed by atoms with E-state index in [4.69, 9.17) is 32.8 Å². The number of furan rings is 1. The fraction of sp³-hybridized carbons (Fsp3) is 0.657. The van der Waals surface area contributed by atoms with E-state index in [9.17, 15) is 29.1 Å². The summed E-state index contributed by atoms with van der Waals surface area (Å²) < 4.78 is 40.9. The maximum atomic E-state index is 15.4. The third-order valence-electron chi connectivity index (χ3n) is 11.4. The molecule has 14 nitrogen and oxygen atoms in total. The zero-order valence-electron chi connectivity index (χ0n) is 29.1. The second kappa shape index (κ2) is 12.1. The molecular formula is C35H44O14. The third-order valence-corrected chi connectivity index (χ3v) is 11.4. The Hall–Kier alpha value is -4.04. The van der Waals surface area contributed by atoms with E-state index >= 15 is 4.79 Å². The lowest BCUT2D eigenvalue weighted by Crippen LogP contribution is -2.75. The summed E-state index contributed by atoms with van der Waals surface area (Å²) in [5.74, 6) is -7.93. The van der Waals surface area contributed by atoms with Gasteiger partial charge in [0, 0.05) is 24.8 Å². The Morgan fingerprint density at radius 1 is 1.02 bits per heavy atom. The Bertz CT molecular complexity index is 1580. The molecule has 2 aliphatic carbocycles. The van der Waals surface area contributed by atoms with Crippen LogP contribution in [0, 0.1) is 34.0 Å². The van der Waals surface area contributed by atoms with Gasteiger partial charge in [-0.2, -0.15) is 0 Å². The molecule has 2 saturated carbocycles. The van der Waals surface area contributed by atoms with Gasteiger partial charge in [-0.1, -0.05) is 34.3 Å². The number of rotatable bonds is 7. The topological polar surface area (TPSA) is 191 Å². The average Bonchev–Trinajstić information content (AvgIpc) is 3.59. The van der Waals surface area contributed by atoms with Crippen LogP contribution in [0.5, 0.6) is 0 Å². The zero-order valence-corrected chi connectivity index (χ0v) is 29.1. The van der Waals surface area contributed by atoms with Crippen molar-refractivity contribution in [1.82, 2.24) is 0 Å². The molecule has 0 radical (unpaired) electrons. The molecule has 14 heteroatoms. The lowest BCUT2D eigenvalue weighted by Gasteiger charge is -2.62. The first-order valence-electron chi connectivity index (χ1n) is 16.2. The van der Waals surface area contributed by atoms with Gasteiger partial charge in [-0.15, -0.1) is 0 Å². The van der Waals surface area contributed by atoms with Crippen LogP contribution in [0.4, 0.5) is 0 Å². The number of esters is 5. The first kappa shape index (κ1) is 36.2. The second-order valence-corrected chi connectivity index (χ2v) is 14.8. The fourth-order valence-corrected chi connectivity index (χ4v) is 8.95. The van der Waals surface area contributed by atoms with Crippen LogP contribution in [0.25, 0.3) is 0 Å². The maximum absolute atomic E-state index is 15.4. The van der Waals surface area contributed by atoms with Crippen LogP contribution in [0.1, 0.15) is 73.5 Å². The van der Waals surface area contributed by atoms with E-state index in [0.29, 0.717) is 5.56 Å². The van der Waals surface area contributed by atoms with Gasteiger partial charge in [-0.25, -0.2) is 4.79 Å². The van der Waals surface area contributed by atoms with Crippen LogP contribution in [-0.2, 0) is 57.2 Å². The van der Waals surface area contributed by atoms with Crippen LogP contribution in [0.15, 0.2) is 35.2 Å². The van der Waals surface area contributed by atoms with E-state index < -0.39 is 112 Å². The van der Waals surface area contributed by atoms with Gasteiger partial charge in [0.05, 0.1) is 54.8 Å². The monoisotopic (exact) mass is 688 g/mol. The minimum Gasteiger partial charge on any atom is -0.472 e. The van der Waals surface area contributed by atoms with Crippen molar-refractivity contribution in [2.75, 3.05) is 7.11 Å². The molecule has 11 atom stereocenters. The van der Waals surface area contributed by atoms with Gasteiger partial charge in [0.1, 0.15) is 23.9 Å². The van der Waals surface area contributed by atoms with E-state index in [1.165, 1.54) is 46.5 Å². The first-order chi connectivity index (χ1) is 22.7. The summed E-state index contributed by atoms with van der Waals surface area (Å²) >= 11 is 0. The summed E-state index contributed by atoms with van der Waals surface area (Å²) in [4.78, 5) is 81.1. The van der Waals surface area contributed by atoms with Crippen molar-refractivity contribution in [2.24, 2.45) is 34.0 Å². The van der Waals surface area contributed by atoms with Gasteiger partial charge < -0.3 is 37.9 Å². The number of cyclic esters (lactones) is 1. The number of aliphatic hydroxyl groups is 1. The molecule has 0 unspecified atom stereocenters. The maximum Gasteiger partial charge on any atom is 0.351 e. The van der Waals surface area contributed by atoms with Crippen molar-refractivity contribution in [2.45, 2.75) is 104 Å². The van der Waals surface area contributed by atoms with Crippen LogP contribution in [0.3, 0.4) is 0 Å². The number of fused-ring (bicyclic) bond motifs is 2. The summed E-state index contributed by atoms with van der Waals surface area (Å²) in [6.07, 6.45) is -6.99. The molecule has 5 rings (SSSR count). The van der Waals surface area contributed by atoms with Crippen molar-refractivity contribution < 1.29 is 66.7 Å². The molecular weight excluding hydrogens is 644 g/mol. The van der Waals surface area contributed by atoms with Gasteiger partial charge in [-0.3, -0.25) is 24.0 Å². The summed E-state index contributed by atoms with van der Waals surface area (Å²) in [7, 11) is 1.19. The number of carbonyl (C=O) groups is 6. The zero-order chi connectivity index (χ0) is 36.6. The van der Waals surface area contributed by atoms with Crippen molar-refractivity contribution >= 4 is 35.6 Å². The predicted octanol–water partition coefficient (Wildman–Crippen LogP) is 2.79. The average molecular weight is 689 g/mol. The number of methoxy groups -OCH3 is 1. The fourth-order valence-electron chi connectivity index (χ4n) is 8.95. The molecule has 0 amide bonds. The molecule has 1 spiro atoms. The van der Waals surface area contributed by atoms with E-state index in [1.54, 1.807) is 27.7 Å². The van der Waals surface area contributed by atoms with Gasteiger partial charge in [0.2, 0.25) is 6.10 Å². The Balaban J connectivity index is 1.87. The van der Waals surface area contributed by atoms with Crippen LogP contribution in [0.2, 0.25) is 0 Å². The minimum atomic E-state index is -2.20. The quantitative estimate of drug-likeness (QED) is 0.250. The molecule has 4 aliphatic rings. The third kappa shape index (κ3) is 4.96. The number of aliphatic hydroxyl groups excluding tert-OH is 1. The van der Waals surface area contributed by atoms with E-state index in [0.717, 1.165) is 6.92 Å². The Kier molecular flexibility index (Phi) is 8.93. The van der Waals surface area contributed by atoms with Gasteiger partial charge in [0.25, 0.3) is 0 Å². The van der Waals surface area contributed by atoms with Gasteiger partial charge in [-0.05, 0) is 31.4 Å². The highest BCUT2D eigenvalue weighted by Gasteiger charge is 2.83. The Morgan fingerprint density at radius 2 is 1.65 bits per heavy atom. The molecule has 1 N–H and O–H groups in total. The summed E-state index contributed by atoms with van der Waals surface area (Å²) in [5, 5.41) is 12.4. The number of hydrogen-bond donors (Lipinski definition) is 1. The van der Waals surface area contributed by atoms with Crippen LogP contribution < -0.4 is 0 Å². The molecule has 1 aromatic rings. The molecule has 2 bridgehead atoms. The number of hydrogen-bond acceptors (Lipinski definition) is 14. The number of ether oxygens (including phenoxy) is 6. The molecule has 2 aliphatic heterocycles. The van der Waals surface area contributed by atoms with E-state index in [-0.39, 0.29) is 12.0 Å². The molecule has 0 aromatic carbocycles. The lowest BCUT2D eigenvalue weighted by atomic mass is 9.49. The van der Waals surface area contributed by atoms with Crippen molar-refractivity contribution in [3.05, 3.63) is 36.3 Å². The molecule has 3 heterocycles. The number of Topliss-reactive ketones (excluding diaryl/α,β-unsaturated/α-hetero) is 1. The van der Waals surface area contributed by atoms with Gasteiger partial charge >= 0.3 is 29.8 Å². The molecule has 49 heavy (non-hydrogen) atoms. The lowest BCUT2D eigenvalue weighted by molar-refractivity contribution is -0.317. The van der Waals surface area contributed by atoms with E-state index in [2.05, 4.69) is 6.58 Å². The normalized spacial score (nSPS) is 39.2. The van der Waals surface area contributed by atoms with Crippen molar-refractivity contribution in [1.29, 1.82) is 0 Å². The van der Waals surface area contributed by atoms with Gasteiger partial charge in [0.15, 0.2) is 11.9 Å². The van der Waals surface area contributed by atoms with Crippen molar-refractivity contribution in [3.8, 4) is 0 Å². The number of ketones is 1. The highest BCUT2D eigenvalue weighted by molar-refractivity contribution is 5.95.